The van der Waals surface area contributed by atoms with Gasteiger partial charge in [-0.2, -0.15) is 0 Å². The zero-order chi connectivity index (χ0) is 26.4. The number of carbonyl (C=O) groups excluding carboxylic acids is 4. The number of nitrogens with zero attached hydrogens (tertiary/aromatic N) is 2. The van der Waals surface area contributed by atoms with Crippen molar-refractivity contribution >= 4 is 35.6 Å². The molecule has 0 radical (unpaired) electrons. The smallest absolute Gasteiger partial charge is 0.326 e. The Kier molecular flexibility index (Phi) is 12.2. The lowest BCUT2D eigenvalue weighted by atomic mass is 10.1. The maximum atomic E-state index is 12.7. The minimum absolute atomic E-state index is 0.0593. The highest BCUT2D eigenvalue weighted by molar-refractivity contribution is 5.92. The number of H-pyrrole nitrogens is 1. The first-order valence-electron chi connectivity index (χ1n) is 10.7. The van der Waals surface area contributed by atoms with Gasteiger partial charge in [0.1, 0.15) is 12.1 Å². The first-order valence-corrected chi connectivity index (χ1v) is 10.7. The molecule has 1 aromatic rings. The van der Waals surface area contributed by atoms with Crippen molar-refractivity contribution in [2.24, 2.45) is 27.9 Å². The van der Waals surface area contributed by atoms with E-state index in [2.05, 4.69) is 30.9 Å². The quantitative estimate of drug-likeness (QED) is 0.0603. The molecule has 0 saturated heterocycles. The van der Waals surface area contributed by atoms with Gasteiger partial charge in [0.15, 0.2) is 5.96 Å². The van der Waals surface area contributed by atoms with Crippen molar-refractivity contribution in [1.82, 2.24) is 25.9 Å². The van der Waals surface area contributed by atoms with E-state index in [0.29, 0.717) is 5.69 Å². The minimum Gasteiger partial charge on any atom is -0.480 e. The summed E-state index contributed by atoms with van der Waals surface area (Å²) in [4.78, 5) is 70.0. The third-order valence-corrected chi connectivity index (χ3v) is 4.65. The summed E-state index contributed by atoms with van der Waals surface area (Å²) in [6.45, 7) is -0.317. The number of nitrogens with one attached hydrogen (secondary N) is 4. The normalized spacial score (nSPS) is 13.1. The van der Waals surface area contributed by atoms with Crippen LogP contribution in [0.5, 0.6) is 0 Å². The van der Waals surface area contributed by atoms with Gasteiger partial charge in [-0.15, -0.1) is 0 Å². The molecule has 0 fully saturated rings. The first-order chi connectivity index (χ1) is 16.5. The summed E-state index contributed by atoms with van der Waals surface area (Å²) in [5.41, 5.74) is 22.0. The number of primary amides is 1. The van der Waals surface area contributed by atoms with Crippen molar-refractivity contribution in [2.45, 2.75) is 50.2 Å². The van der Waals surface area contributed by atoms with Gasteiger partial charge in [-0.1, -0.05) is 0 Å². The summed E-state index contributed by atoms with van der Waals surface area (Å²) >= 11 is 0. The van der Waals surface area contributed by atoms with Gasteiger partial charge in [0.05, 0.1) is 18.9 Å². The Morgan fingerprint density at radius 3 is 2.34 bits per heavy atom. The molecule has 1 heterocycles. The second kappa shape index (κ2) is 14.8. The van der Waals surface area contributed by atoms with Gasteiger partial charge in [0.2, 0.25) is 23.6 Å². The maximum absolute atomic E-state index is 12.7. The van der Waals surface area contributed by atoms with Crippen LogP contribution in [0.3, 0.4) is 0 Å². The van der Waals surface area contributed by atoms with Crippen LogP contribution in [0.4, 0.5) is 0 Å². The molecule has 4 amide bonds. The lowest BCUT2D eigenvalue weighted by molar-refractivity contribution is -0.142. The van der Waals surface area contributed by atoms with Gasteiger partial charge in [-0.25, -0.2) is 9.78 Å². The van der Waals surface area contributed by atoms with E-state index in [1.807, 2.05) is 0 Å². The molecule has 13 N–H and O–H groups in total. The fourth-order valence-corrected chi connectivity index (χ4v) is 2.86. The summed E-state index contributed by atoms with van der Waals surface area (Å²) in [6, 6.07) is -3.50. The van der Waals surface area contributed by atoms with Crippen molar-refractivity contribution in [3.8, 4) is 0 Å². The number of nitrogens with two attached hydrogens (primary N) is 4. The van der Waals surface area contributed by atoms with E-state index >= 15 is 0 Å². The molecule has 1 aromatic heterocycles. The highest BCUT2D eigenvalue weighted by Crippen LogP contribution is 2.03. The van der Waals surface area contributed by atoms with Crippen molar-refractivity contribution in [3.05, 3.63) is 18.2 Å². The van der Waals surface area contributed by atoms with E-state index < -0.39 is 54.3 Å². The maximum Gasteiger partial charge on any atom is 0.326 e. The molecule has 194 valence electrons. The third kappa shape index (κ3) is 12.0. The highest BCUT2D eigenvalue weighted by Gasteiger charge is 2.27. The van der Waals surface area contributed by atoms with Gasteiger partial charge < -0.3 is 49.0 Å². The predicted molar refractivity (Wildman–Crippen MR) is 123 cm³/mol. The van der Waals surface area contributed by atoms with E-state index in [1.54, 1.807) is 0 Å². The van der Waals surface area contributed by atoms with Crippen LogP contribution in [-0.4, -0.2) is 81.8 Å². The summed E-state index contributed by atoms with van der Waals surface area (Å²) < 4.78 is 0. The van der Waals surface area contributed by atoms with Crippen LogP contribution in [0.15, 0.2) is 17.5 Å². The molecule has 0 bridgehead atoms. The number of aromatic nitrogens is 2. The van der Waals surface area contributed by atoms with Gasteiger partial charge >= 0.3 is 5.97 Å². The summed E-state index contributed by atoms with van der Waals surface area (Å²) in [5.74, 6) is -4.36. The molecule has 0 aliphatic carbocycles. The third-order valence-electron chi connectivity index (χ3n) is 4.65. The molecule has 3 unspecified atom stereocenters. The van der Waals surface area contributed by atoms with Crippen LogP contribution in [0, 0.1) is 0 Å². The van der Waals surface area contributed by atoms with Gasteiger partial charge in [-0.05, 0) is 19.3 Å². The number of guanidine groups is 1. The zero-order valence-corrected chi connectivity index (χ0v) is 19.0. The standard InChI is InChI=1S/C19H32N10O6/c20-11(6-10-7-24-9-27-10)16(32)26-8-15(31)28-12(2-1-5-25-19(22)23)17(33)29-13(18(34)35)3-4-14(21)30/h7,9,11-13H,1-6,8,20H2,(H2,21,30)(H,24,27)(H,26,32)(H,28,31)(H,29,33)(H,34,35)(H4,22,23,25). The Morgan fingerprint density at radius 1 is 1.06 bits per heavy atom. The molecular weight excluding hydrogens is 464 g/mol. The second-order valence-corrected chi connectivity index (χ2v) is 7.58. The Labute approximate surface area is 200 Å². The molecule has 3 atom stereocenters. The van der Waals surface area contributed by atoms with Crippen LogP contribution >= 0.6 is 0 Å². The number of amides is 4. The molecule has 16 heteroatoms. The summed E-state index contributed by atoms with van der Waals surface area (Å²) in [7, 11) is 0. The summed E-state index contributed by atoms with van der Waals surface area (Å²) in [6.07, 6.45) is 2.97. The van der Waals surface area contributed by atoms with E-state index in [-0.39, 0.29) is 44.6 Å². The fraction of sp³-hybridized carbons (Fsp3) is 0.526. The Hall–Kier alpha value is -4.21. The molecule has 0 aliphatic heterocycles. The average molecular weight is 497 g/mol. The van der Waals surface area contributed by atoms with E-state index in [9.17, 15) is 29.1 Å². The molecular formula is C19H32N10O6. The Morgan fingerprint density at radius 2 is 1.77 bits per heavy atom. The monoisotopic (exact) mass is 496 g/mol. The van der Waals surface area contributed by atoms with Crippen LogP contribution in [0.25, 0.3) is 0 Å². The van der Waals surface area contributed by atoms with Crippen molar-refractivity contribution in [1.29, 1.82) is 0 Å². The Balaban J connectivity index is 2.71. The molecule has 0 aromatic carbocycles. The molecule has 0 aliphatic rings. The number of carboxylic acid groups (broad SMARTS) is 1. The van der Waals surface area contributed by atoms with Crippen LogP contribution in [0.1, 0.15) is 31.4 Å². The number of hydrogen-bond acceptors (Lipinski definition) is 8. The Bertz CT molecular complexity index is 900. The zero-order valence-electron chi connectivity index (χ0n) is 19.0. The lowest BCUT2D eigenvalue weighted by Gasteiger charge is -2.21. The van der Waals surface area contributed by atoms with Crippen LogP contribution in [0.2, 0.25) is 0 Å². The number of rotatable bonds is 16. The molecule has 0 saturated carbocycles. The SMILES string of the molecule is NC(=O)CCC(NC(=O)C(CCCN=C(N)N)NC(=O)CNC(=O)C(N)Cc1cnc[nH]1)C(=O)O. The largest absolute Gasteiger partial charge is 0.480 e. The van der Waals surface area contributed by atoms with E-state index in [1.165, 1.54) is 12.5 Å². The first kappa shape index (κ1) is 28.8. The number of aromatic amines is 1. The van der Waals surface area contributed by atoms with Crippen molar-refractivity contribution < 1.29 is 29.1 Å². The number of carboxylic acids is 1. The molecule has 1 rings (SSSR count). The molecule has 16 nitrogen and oxygen atoms in total. The van der Waals surface area contributed by atoms with Crippen LogP contribution in [-0.2, 0) is 30.4 Å². The van der Waals surface area contributed by atoms with Gasteiger partial charge in [-0.3, -0.25) is 24.2 Å². The number of hydrogen-bond donors (Lipinski definition) is 9. The molecule has 0 spiro atoms. The topological polar surface area (TPSA) is 287 Å². The predicted octanol–water partition coefficient (Wildman–Crippen LogP) is -4.23. The van der Waals surface area contributed by atoms with E-state index in [0.717, 1.165) is 0 Å². The van der Waals surface area contributed by atoms with E-state index in [4.69, 9.17) is 22.9 Å². The van der Waals surface area contributed by atoms with Gasteiger partial charge in [0.25, 0.3) is 0 Å². The fourth-order valence-electron chi connectivity index (χ4n) is 2.86. The highest BCUT2D eigenvalue weighted by atomic mass is 16.4. The van der Waals surface area contributed by atoms with Crippen molar-refractivity contribution in [2.75, 3.05) is 13.1 Å². The lowest BCUT2D eigenvalue weighted by Crippen LogP contribution is -2.54. The van der Waals surface area contributed by atoms with Crippen molar-refractivity contribution in [3.63, 3.8) is 0 Å². The average Bonchev–Trinajstić information content (AvgIpc) is 3.29. The number of carbonyl (C=O) groups is 5. The van der Waals surface area contributed by atoms with Gasteiger partial charge in [0, 0.05) is 31.3 Å². The minimum atomic E-state index is -1.40. The van der Waals surface area contributed by atoms with Crippen LogP contribution < -0.4 is 38.9 Å². The number of aliphatic imine (C=N–C) groups is 1. The molecule has 35 heavy (non-hydrogen) atoms. The number of imidazole rings is 1. The second-order valence-electron chi connectivity index (χ2n) is 7.58. The summed E-state index contributed by atoms with van der Waals surface area (Å²) in [5, 5.41) is 16.4. The number of aliphatic carboxylic acids is 1.